The van der Waals surface area contributed by atoms with Crippen molar-refractivity contribution in [2.24, 2.45) is 0 Å². The standard InChI is InChI=1S/2C44H54N10O14P2/c1-6-46-30-19-32-28(17-24(30)3)36(29-18-25(4)31(47-7-2)20-33(29)65-32)26-11-8-9-12-27(26)42(57)53(5)16-10-13-35(55)48-14-15-49-44(58)67-39-34(21-64-70(62,63)68-69(59,60)61)66-43(38(39)56)54-23-52-37-40(45)50-22-51-41(37)54;1-6-46-30-19-32-28(17-24(30)3)36(29-18-25(4)31(47-7-2)20-33(29)65-32)26-11-8-9-12-27(26)42(57)53(5)16-10-13-35(55)48-14-15-49-44(58)67-39-38(56)34(21-64-70(62,63)68-69(59,60)61)66-43(39)54-23-52-37-40(45)50-22-51-41(37)54/h2*8-9,11-12,17-20,22-23,34,38-39,43,46,56H,6-7,10,13-16,21H2,1-5H3,(H,48,55)(H,49,58)(H,62,63)(H2,45,50,51)(H2,59,60,61)/t2*34-,38-,39-,43-/m11/s1. The first kappa shape index (κ1) is 105. The average Bonchev–Trinajstić information content (AvgIpc) is 1.03. The van der Waals surface area contributed by atoms with Crippen molar-refractivity contribution in [3.05, 3.63) is 166 Å². The van der Waals surface area contributed by atoms with Crippen molar-refractivity contribution in [1.82, 2.24) is 70.1 Å². The molecule has 8 aromatic rings. The maximum atomic E-state index is 14.2. The van der Waals surface area contributed by atoms with Crippen LogP contribution in [0.2, 0.25) is 0 Å². The Labute approximate surface area is 799 Å². The largest absolute Gasteiger partial charge is 0.756 e. The number of ether oxygens (including phenoxy) is 4. The summed E-state index contributed by atoms with van der Waals surface area (Å²) in [5.74, 6) is 0.139. The van der Waals surface area contributed by atoms with E-state index in [1.165, 1.54) is 21.8 Å². The zero-order valence-corrected chi connectivity index (χ0v) is 81.1. The minimum atomic E-state index is -5.73. The van der Waals surface area contributed by atoms with Crippen LogP contribution in [0.1, 0.15) is 109 Å². The lowest BCUT2D eigenvalue weighted by molar-refractivity contribution is -0.496. The number of phosphoric acid groups is 4. The minimum absolute atomic E-state index is 0.00263. The van der Waals surface area contributed by atoms with E-state index in [2.05, 4.69) is 114 Å². The molecule has 0 spiro atoms. The van der Waals surface area contributed by atoms with Crippen molar-refractivity contribution in [2.75, 3.05) is 115 Å². The van der Waals surface area contributed by atoms with Gasteiger partial charge in [-0.25, -0.2) is 67.2 Å². The van der Waals surface area contributed by atoms with Gasteiger partial charge in [0.2, 0.25) is 22.5 Å². The van der Waals surface area contributed by atoms with E-state index < -0.39 is 106 Å². The molecule has 4 aliphatic heterocycles. The highest BCUT2D eigenvalue weighted by atomic mass is 31.3. The number of carbonyl (C=O) groups is 6. The number of nitrogen functional groups attached to an aromatic ring is 2. The highest BCUT2D eigenvalue weighted by molar-refractivity contribution is 7.60. The molecule has 52 heteroatoms. The molecule has 2 fully saturated rings. The molecule has 6 amide bonds. The number of amides is 6. The Morgan fingerprint density at radius 1 is 0.507 bits per heavy atom. The number of benzene rings is 6. The number of nitrogens with zero attached hydrogens (tertiary/aromatic N) is 10. The Hall–Kier alpha value is -12.7. The first-order chi connectivity index (χ1) is 66.6. The van der Waals surface area contributed by atoms with E-state index >= 15 is 0 Å². The van der Waals surface area contributed by atoms with Gasteiger partial charge in [-0.05, 0) is 127 Å². The van der Waals surface area contributed by atoms with Gasteiger partial charge in [0.15, 0.2) is 47.6 Å². The Balaban J connectivity index is 0.000000236. The number of aromatic nitrogens is 8. The number of carbonyl (C=O) groups excluding carboxylic acids is 6. The smallest absolute Gasteiger partial charge is 0.478 e. The van der Waals surface area contributed by atoms with Gasteiger partial charge in [-0.2, -0.15) is 0 Å². The summed E-state index contributed by atoms with van der Waals surface area (Å²) in [6.07, 6.45) is -9.31. The summed E-state index contributed by atoms with van der Waals surface area (Å²) in [4.78, 5) is 174. The molecule has 0 saturated carbocycles. The number of nitrogens with two attached hydrogens (primary N) is 2. The van der Waals surface area contributed by atoms with Crippen LogP contribution in [0.4, 0.5) is 32.6 Å². The van der Waals surface area contributed by atoms with E-state index in [0.717, 1.165) is 127 Å². The van der Waals surface area contributed by atoms with Gasteiger partial charge in [0, 0.05) is 158 Å². The van der Waals surface area contributed by atoms with Gasteiger partial charge in [0.25, 0.3) is 27.5 Å². The van der Waals surface area contributed by atoms with E-state index in [1.54, 1.807) is 36.0 Å². The number of hydrogen-bond acceptors (Lipinski definition) is 34. The third kappa shape index (κ3) is 25.2. The number of aliphatic hydroxyl groups is 2. The summed E-state index contributed by atoms with van der Waals surface area (Å²) >= 11 is 0. The van der Waals surface area contributed by atoms with Crippen molar-refractivity contribution < 1.29 is 142 Å². The molecule has 748 valence electrons. The minimum Gasteiger partial charge on any atom is -0.756 e. The highest BCUT2D eigenvalue weighted by Crippen LogP contribution is 2.58. The van der Waals surface area contributed by atoms with Crippen LogP contribution < -0.4 is 73.9 Å². The average molecular weight is 2020 g/mol. The Bertz CT molecular complexity index is 6910. The molecule has 18 N–H and O–H groups in total. The normalized spacial score (nSPS) is 19.0. The van der Waals surface area contributed by atoms with Crippen molar-refractivity contribution in [2.45, 2.75) is 130 Å². The topological polar surface area (TPSA) is 684 Å². The first-order valence-electron chi connectivity index (χ1n) is 44.3. The van der Waals surface area contributed by atoms with Crippen molar-refractivity contribution >= 4 is 134 Å². The monoisotopic (exact) mass is 2020 g/mol. The maximum absolute atomic E-state index is 14.2. The van der Waals surface area contributed by atoms with Gasteiger partial charge in [-0.1, -0.05) is 36.4 Å². The second-order valence-corrected chi connectivity index (χ2v) is 38.3. The van der Waals surface area contributed by atoms with Gasteiger partial charge in [-0.15, -0.1) is 0 Å². The number of rotatable bonds is 38. The van der Waals surface area contributed by atoms with Crippen molar-refractivity contribution in [3.63, 3.8) is 0 Å². The molecular formula is C88H108N20O28P4. The number of fused-ring (bicyclic) bond motifs is 6. The van der Waals surface area contributed by atoms with Crippen LogP contribution in [0.25, 0.3) is 89.2 Å². The van der Waals surface area contributed by atoms with Gasteiger partial charge in [0.05, 0.1) is 38.0 Å². The predicted molar refractivity (Wildman–Crippen MR) is 501 cm³/mol. The van der Waals surface area contributed by atoms with Crippen LogP contribution in [0.5, 0.6) is 0 Å². The number of phosphoric ester groups is 2. The quantitative estimate of drug-likeness (QED) is 0.0150. The number of aryl methyl sites for hydroxylation is 4. The Kier molecular flexibility index (Phi) is 33.9. The van der Waals surface area contributed by atoms with E-state index in [1.807, 2.05) is 116 Å². The van der Waals surface area contributed by atoms with Crippen LogP contribution in [-0.4, -0.2) is 244 Å². The number of alkyl carbamates (subject to hydrolysis) is 2. The molecule has 48 nitrogen and oxygen atoms in total. The summed E-state index contributed by atoms with van der Waals surface area (Å²) in [6, 6.07) is 31.1. The summed E-state index contributed by atoms with van der Waals surface area (Å²) in [7, 11) is -18.9. The third-order valence-corrected chi connectivity index (χ3v) is 27.0. The summed E-state index contributed by atoms with van der Waals surface area (Å²) in [6.45, 7) is 17.3. The van der Waals surface area contributed by atoms with Crippen LogP contribution in [0.3, 0.4) is 0 Å². The highest BCUT2D eigenvalue weighted by Gasteiger charge is 2.51. The van der Waals surface area contributed by atoms with Gasteiger partial charge in [-0.3, -0.25) is 46.5 Å². The van der Waals surface area contributed by atoms with E-state index in [0.29, 0.717) is 46.7 Å². The Morgan fingerprint density at radius 2 is 0.914 bits per heavy atom. The number of anilines is 4. The van der Waals surface area contributed by atoms with Gasteiger partial charge in [0.1, 0.15) is 83.9 Å². The van der Waals surface area contributed by atoms with E-state index in [4.69, 9.17) is 49.0 Å². The summed E-state index contributed by atoms with van der Waals surface area (Å²) in [5, 5.41) is 43.1. The molecule has 4 unspecified atom stereocenters. The van der Waals surface area contributed by atoms with Crippen LogP contribution in [0, 0.1) is 27.7 Å². The number of imidazole rings is 2. The fourth-order valence-corrected chi connectivity index (χ4v) is 19.4. The second-order valence-electron chi connectivity index (χ2n) is 32.7. The lowest BCUT2D eigenvalue weighted by Gasteiger charge is -2.23. The molecule has 2 saturated heterocycles. The SMILES string of the molecule is CCNc1cc2oc3cc(=[NH+]CC)c(C)cc-3c(-c3ccccc3C(=O)N(C)CCCC(=O)NCCNC(=O)O[C@@H]3[C@H](O)[C@@H](COP(=O)(O)OP(=O)([O-])O)O[C@H]3n3cnc4c(N)ncnc43)c2cc1C.CCNc1cc2oc3cc(=[NH+]CC)c(C)cc-3c(-c3ccccc3C(=O)N(C)CCCC(=O)NCCNC(=O)O[C@H]3[C@@H](O)[C@H](n4cnc5c(N)ncnc54)O[C@@H]3COP(=O)(O)OP(=O)([O-])O)c2cc1C. The second kappa shape index (κ2) is 45.3. The molecule has 2 aliphatic carbocycles. The molecule has 0 bridgehead atoms. The van der Waals surface area contributed by atoms with Crippen molar-refractivity contribution in [3.8, 4) is 44.9 Å². The zero-order chi connectivity index (χ0) is 101. The molecule has 4 aromatic carbocycles. The molecule has 140 heavy (non-hydrogen) atoms. The first-order valence-corrected chi connectivity index (χ1v) is 50.3. The number of hydrogen-bond donors (Lipinski definition) is 16. The van der Waals surface area contributed by atoms with Crippen LogP contribution in [-0.2, 0) is 64.5 Å². The maximum Gasteiger partial charge on any atom is 0.478 e. The molecular weight excluding hydrogens is 1910 g/mol. The van der Waals surface area contributed by atoms with Gasteiger partial charge < -0.3 is 121 Å². The third-order valence-electron chi connectivity index (χ3n) is 22.7. The molecule has 12 atom stereocenters. The summed E-state index contributed by atoms with van der Waals surface area (Å²) < 4.78 is 101. The molecule has 8 heterocycles. The molecule has 4 aromatic heterocycles. The van der Waals surface area contributed by atoms with Crippen molar-refractivity contribution in [1.29, 1.82) is 0 Å². The van der Waals surface area contributed by atoms with E-state index in [9.17, 15) is 76.8 Å². The number of nitrogens with one attached hydrogen (secondary N) is 8. The molecule has 6 aliphatic rings. The van der Waals surface area contributed by atoms with Crippen LogP contribution >= 0.6 is 31.3 Å². The fourth-order valence-electron chi connectivity index (χ4n) is 16.3. The van der Waals surface area contributed by atoms with Crippen LogP contribution in [0.15, 0.2) is 131 Å². The summed E-state index contributed by atoms with van der Waals surface area (Å²) in [5.41, 5.74) is 25.4. The number of aliphatic hydroxyl groups excluding tert-OH is 2. The lowest BCUT2D eigenvalue weighted by atomic mass is 9.89. The predicted octanol–water partition coefficient (Wildman–Crippen LogP) is 3.18. The van der Waals surface area contributed by atoms with Gasteiger partial charge >= 0.3 is 27.8 Å². The zero-order valence-electron chi connectivity index (χ0n) is 77.6. The molecule has 14 rings (SSSR count). The lowest BCUT2D eigenvalue weighted by Crippen LogP contribution is -2.76. The fraction of sp³-hybridized carbons (Fsp3) is 0.386. The molecule has 0 radical (unpaired) electrons. The van der Waals surface area contributed by atoms with E-state index in [-0.39, 0.29) is 110 Å². The Morgan fingerprint density at radius 3 is 1.34 bits per heavy atom.